The summed E-state index contributed by atoms with van der Waals surface area (Å²) >= 11 is 0. The second-order valence-electron chi connectivity index (χ2n) is 6.98. The van der Waals surface area contributed by atoms with Crippen molar-refractivity contribution in [3.05, 3.63) is 36.2 Å². The Hall–Kier alpha value is -2.39. The average Bonchev–Trinajstić information content (AvgIpc) is 3.17. The van der Waals surface area contributed by atoms with Crippen LogP contribution in [-0.4, -0.2) is 44.2 Å². The van der Waals surface area contributed by atoms with E-state index in [0.29, 0.717) is 36.1 Å². The van der Waals surface area contributed by atoms with Crippen molar-refractivity contribution in [2.45, 2.75) is 49.1 Å². The van der Waals surface area contributed by atoms with Gasteiger partial charge in [0, 0.05) is 12.5 Å². The second-order valence-corrected chi connectivity index (χ2v) is 8.69. The number of nitrogens with zero attached hydrogens (tertiary/aromatic N) is 2. The van der Waals surface area contributed by atoms with E-state index in [9.17, 15) is 8.42 Å². The third-order valence-electron chi connectivity index (χ3n) is 5.05. The first-order valence-electron chi connectivity index (χ1n) is 9.34. The van der Waals surface area contributed by atoms with E-state index in [1.54, 1.807) is 24.4 Å². The number of nitrogens with one attached hydrogen (secondary N) is 1. The zero-order valence-corrected chi connectivity index (χ0v) is 16.4. The van der Waals surface area contributed by atoms with E-state index < -0.39 is 10.0 Å². The summed E-state index contributed by atoms with van der Waals surface area (Å²) in [5, 5.41) is 0. The Balaban J connectivity index is 1.33. The molecule has 1 fully saturated rings. The fourth-order valence-corrected chi connectivity index (χ4v) is 4.93. The van der Waals surface area contributed by atoms with Gasteiger partial charge in [0.1, 0.15) is 11.9 Å². The maximum Gasteiger partial charge on any atom is 0.240 e. The number of rotatable bonds is 6. The molecule has 0 saturated heterocycles. The Morgan fingerprint density at radius 2 is 1.93 bits per heavy atom. The number of sulfonamides is 1. The minimum atomic E-state index is -3.55. The standard InChI is InChI=1S/C19H23N3O5S/c1-25-18-11-20-12-19(21-18)27-15-4-2-14(3-5-15)22-28(23,24)16-6-7-17-13(10-16)8-9-26-17/h6-7,10-12,14-15,22H,2-5,8-9H2,1H3. The molecule has 9 heteroatoms. The topological polar surface area (TPSA) is 99.6 Å². The fraction of sp³-hybridized carbons (Fsp3) is 0.474. The minimum absolute atomic E-state index is 0.0145. The largest absolute Gasteiger partial charge is 0.493 e. The number of ether oxygens (including phenoxy) is 3. The van der Waals surface area contributed by atoms with Gasteiger partial charge in [-0.25, -0.2) is 13.1 Å². The Morgan fingerprint density at radius 1 is 1.14 bits per heavy atom. The van der Waals surface area contributed by atoms with Gasteiger partial charge < -0.3 is 14.2 Å². The molecule has 0 spiro atoms. The van der Waals surface area contributed by atoms with Gasteiger partial charge in [-0.2, -0.15) is 4.98 Å². The number of benzene rings is 1. The van der Waals surface area contributed by atoms with Gasteiger partial charge in [-0.15, -0.1) is 0 Å². The van der Waals surface area contributed by atoms with Crippen LogP contribution in [-0.2, 0) is 16.4 Å². The summed E-state index contributed by atoms with van der Waals surface area (Å²) in [6, 6.07) is 4.94. The number of hydrogen-bond acceptors (Lipinski definition) is 7. The summed E-state index contributed by atoms with van der Waals surface area (Å²) in [7, 11) is -2.03. The van der Waals surface area contributed by atoms with Gasteiger partial charge in [-0.05, 0) is 49.4 Å². The van der Waals surface area contributed by atoms with Crippen LogP contribution in [0.15, 0.2) is 35.5 Å². The molecule has 1 aliphatic heterocycles. The van der Waals surface area contributed by atoms with E-state index in [1.165, 1.54) is 13.3 Å². The fourth-order valence-electron chi connectivity index (χ4n) is 3.57. The van der Waals surface area contributed by atoms with Crippen molar-refractivity contribution in [2.24, 2.45) is 0 Å². The van der Waals surface area contributed by atoms with Crippen LogP contribution in [0, 0.1) is 0 Å². The Morgan fingerprint density at radius 3 is 2.71 bits per heavy atom. The van der Waals surface area contributed by atoms with Crippen molar-refractivity contribution in [1.82, 2.24) is 14.7 Å². The second kappa shape index (κ2) is 7.92. The molecular weight excluding hydrogens is 382 g/mol. The molecule has 1 aromatic heterocycles. The maximum atomic E-state index is 12.7. The molecule has 0 amide bonds. The average molecular weight is 405 g/mol. The van der Waals surface area contributed by atoms with Crippen LogP contribution < -0.4 is 18.9 Å². The van der Waals surface area contributed by atoms with Gasteiger partial charge in [-0.3, -0.25) is 4.98 Å². The van der Waals surface area contributed by atoms with Gasteiger partial charge in [0.2, 0.25) is 21.8 Å². The molecule has 1 aromatic carbocycles. The molecule has 150 valence electrons. The smallest absolute Gasteiger partial charge is 0.240 e. The summed E-state index contributed by atoms with van der Waals surface area (Å²) < 4.78 is 44.6. The van der Waals surface area contributed by atoms with E-state index >= 15 is 0 Å². The summed E-state index contributed by atoms with van der Waals surface area (Å²) in [4.78, 5) is 8.53. The highest BCUT2D eigenvalue weighted by Crippen LogP contribution is 2.29. The normalized spacial score (nSPS) is 21.6. The molecule has 0 radical (unpaired) electrons. The third kappa shape index (κ3) is 4.20. The van der Waals surface area contributed by atoms with E-state index in [4.69, 9.17) is 14.2 Å². The molecule has 2 aromatic rings. The van der Waals surface area contributed by atoms with Crippen molar-refractivity contribution in [3.8, 4) is 17.5 Å². The van der Waals surface area contributed by atoms with Crippen LogP contribution in [0.4, 0.5) is 0 Å². The molecule has 0 atom stereocenters. The summed E-state index contributed by atoms with van der Waals surface area (Å²) in [5.74, 6) is 1.60. The third-order valence-corrected chi connectivity index (χ3v) is 6.57. The van der Waals surface area contributed by atoms with E-state index in [1.807, 2.05) is 0 Å². The number of aromatic nitrogens is 2. The SMILES string of the molecule is COc1cncc(OC2CCC(NS(=O)(=O)c3ccc4c(c3)CCO4)CC2)n1. The summed E-state index contributed by atoms with van der Waals surface area (Å²) in [5.41, 5.74) is 0.944. The number of methoxy groups -OCH3 is 1. The van der Waals surface area contributed by atoms with E-state index in [2.05, 4.69) is 14.7 Å². The van der Waals surface area contributed by atoms with E-state index in [-0.39, 0.29) is 12.1 Å². The van der Waals surface area contributed by atoms with Gasteiger partial charge in [0.25, 0.3) is 0 Å². The van der Waals surface area contributed by atoms with Gasteiger partial charge in [-0.1, -0.05) is 0 Å². The zero-order valence-electron chi connectivity index (χ0n) is 15.6. The van der Waals surface area contributed by atoms with Crippen molar-refractivity contribution >= 4 is 10.0 Å². The molecular formula is C19H23N3O5S. The predicted molar refractivity (Wildman–Crippen MR) is 101 cm³/mol. The first kappa shape index (κ1) is 18.9. The van der Waals surface area contributed by atoms with Gasteiger partial charge in [0.05, 0.1) is 31.0 Å². The Labute approximate surface area is 164 Å². The van der Waals surface area contributed by atoms with Gasteiger partial charge in [0.15, 0.2) is 0 Å². The maximum absolute atomic E-state index is 12.7. The number of hydrogen-bond donors (Lipinski definition) is 1. The minimum Gasteiger partial charge on any atom is -0.493 e. The highest BCUT2D eigenvalue weighted by Gasteiger charge is 2.28. The lowest BCUT2D eigenvalue weighted by molar-refractivity contribution is 0.136. The monoisotopic (exact) mass is 405 g/mol. The first-order chi connectivity index (χ1) is 13.5. The lowest BCUT2D eigenvalue weighted by Gasteiger charge is -2.29. The molecule has 2 aliphatic rings. The van der Waals surface area contributed by atoms with Crippen LogP contribution in [0.5, 0.6) is 17.5 Å². The van der Waals surface area contributed by atoms with Crippen molar-refractivity contribution in [1.29, 1.82) is 0 Å². The van der Waals surface area contributed by atoms with E-state index in [0.717, 1.165) is 30.6 Å². The molecule has 0 unspecified atom stereocenters. The predicted octanol–water partition coefficient (Wildman–Crippen LogP) is 2.09. The number of fused-ring (bicyclic) bond motifs is 1. The molecule has 1 aliphatic carbocycles. The van der Waals surface area contributed by atoms with Crippen molar-refractivity contribution in [2.75, 3.05) is 13.7 Å². The van der Waals surface area contributed by atoms with Crippen molar-refractivity contribution in [3.63, 3.8) is 0 Å². The molecule has 0 bridgehead atoms. The van der Waals surface area contributed by atoms with Crippen molar-refractivity contribution < 1.29 is 22.6 Å². The summed E-state index contributed by atoms with van der Waals surface area (Å²) in [6.07, 6.45) is 6.69. The van der Waals surface area contributed by atoms with Crippen LogP contribution in [0.25, 0.3) is 0 Å². The van der Waals surface area contributed by atoms with Gasteiger partial charge >= 0.3 is 0 Å². The lowest BCUT2D eigenvalue weighted by Crippen LogP contribution is -2.39. The van der Waals surface area contributed by atoms with Crippen LogP contribution in [0.3, 0.4) is 0 Å². The van der Waals surface area contributed by atoms with Crippen LogP contribution >= 0.6 is 0 Å². The zero-order chi connectivity index (χ0) is 19.6. The highest BCUT2D eigenvalue weighted by atomic mass is 32.2. The lowest BCUT2D eigenvalue weighted by atomic mass is 9.94. The van der Waals surface area contributed by atoms with Crippen LogP contribution in [0.1, 0.15) is 31.2 Å². The Kier molecular flexibility index (Phi) is 5.36. The van der Waals surface area contributed by atoms with Crippen LogP contribution in [0.2, 0.25) is 0 Å². The molecule has 1 N–H and O–H groups in total. The summed E-state index contributed by atoms with van der Waals surface area (Å²) in [6.45, 7) is 0.605. The molecule has 8 nitrogen and oxygen atoms in total. The quantitative estimate of drug-likeness (QED) is 0.785. The molecule has 4 rings (SSSR count). The molecule has 1 saturated carbocycles. The molecule has 2 heterocycles. The Bertz CT molecular complexity index is 942. The molecule has 28 heavy (non-hydrogen) atoms. The highest BCUT2D eigenvalue weighted by molar-refractivity contribution is 7.89. The first-order valence-corrected chi connectivity index (χ1v) is 10.8.